The highest BCUT2D eigenvalue weighted by molar-refractivity contribution is 7.59. The van der Waals surface area contributed by atoms with Crippen molar-refractivity contribution >= 4 is 30.4 Å². The average molecular weight is 506 g/mol. The van der Waals surface area contributed by atoms with E-state index in [9.17, 15) is 14.5 Å². The molecule has 5 N–H and O–H groups in total. The fraction of sp³-hybridized carbons (Fsp3) is 0.455. The number of fused-ring (bicyclic) bond motifs is 1. The molecule has 35 heavy (non-hydrogen) atoms. The lowest BCUT2D eigenvalue weighted by Gasteiger charge is -2.32. The fourth-order valence-corrected chi connectivity index (χ4v) is 5.92. The Kier molecular flexibility index (Phi) is 8.11. The second-order valence-corrected chi connectivity index (χ2v) is 11.1. The van der Waals surface area contributed by atoms with E-state index in [0.29, 0.717) is 23.5 Å². The number of aromatic nitrogens is 4. The van der Waals surface area contributed by atoms with Crippen molar-refractivity contribution in [2.45, 2.75) is 51.9 Å². The molecule has 3 atom stereocenters. The van der Waals surface area contributed by atoms with E-state index in [2.05, 4.69) is 25.1 Å². The lowest BCUT2D eigenvalue weighted by Crippen LogP contribution is -2.47. The molecule has 2 aromatic heterocycles. The van der Waals surface area contributed by atoms with E-state index in [1.165, 1.54) is 20.2 Å². The van der Waals surface area contributed by atoms with Gasteiger partial charge >= 0.3 is 5.97 Å². The number of nitrogens with one attached hydrogen (secondary N) is 2. The van der Waals surface area contributed by atoms with Gasteiger partial charge in [0.15, 0.2) is 11.5 Å². The van der Waals surface area contributed by atoms with Crippen LogP contribution in [0.25, 0.3) is 11.2 Å². The van der Waals surface area contributed by atoms with Gasteiger partial charge in [-0.3, -0.25) is 9.36 Å². The highest BCUT2D eigenvalue weighted by Gasteiger charge is 2.37. The Labute approximate surface area is 203 Å². The summed E-state index contributed by atoms with van der Waals surface area (Å²) in [5, 5.41) is 15.4. The predicted octanol–water partition coefficient (Wildman–Crippen LogP) is 2.78. The zero-order valence-corrected chi connectivity index (χ0v) is 21.3. The molecular weight excluding hydrogens is 473 g/mol. The molecule has 0 unspecified atom stereocenters. The summed E-state index contributed by atoms with van der Waals surface area (Å²) in [7, 11) is -1.96. The van der Waals surface area contributed by atoms with E-state index in [1.807, 2.05) is 26.0 Å². The molecule has 190 valence electrons. The van der Waals surface area contributed by atoms with Crippen molar-refractivity contribution in [3.05, 3.63) is 42.5 Å². The number of carboxylic acid groups (broad SMARTS) is 1. The minimum Gasteiger partial charge on any atom is -0.497 e. The van der Waals surface area contributed by atoms with Crippen LogP contribution in [0.4, 0.5) is 5.82 Å². The number of methoxy groups -OCH3 is 1. The standard InChI is InChI=1S/C22H32N7O5P/c1-14(10-29-12-26-18-19(23)24-11-25-20(18)29)34-13-35(32,28-22(3,4)21(30)31)27-15(2)16-6-8-17(33-5)9-7-16/h6-9,11-12,14-15H,10,13H2,1-5H3,(H,30,31)(H2,23,24,25)(H2,27,28,32)/t14-,15-,35-/m1/s1. The Morgan fingerprint density at radius 1 is 1.23 bits per heavy atom. The maximum atomic E-state index is 13.9. The number of hydrogen-bond acceptors (Lipinski definition) is 8. The number of benzene rings is 1. The van der Waals surface area contributed by atoms with Gasteiger partial charge in [0, 0.05) is 6.04 Å². The maximum Gasteiger partial charge on any atom is 0.323 e. The Morgan fingerprint density at radius 3 is 2.54 bits per heavy atom. The van der Waals surface area contributed by atoms with Crippen LogP contribution in [-0.4, -0.2) is 55.7 Å². The van der Waals surface area contributed by atoms with Crippen molar-refractivity contribution in [2.75, 3.05) is 19.2 Å². The van der Waals surface area contributed by atoms with Crippen molar-refractivity contribution in [1.29, 1.82) is 0 Å². The first kappa shape index (κ1) is 26.6. The molecule has 0 saturated carbocycles. The molecule has 0 amide bonds. The number of nitrogen functional groups attached to an aromatic ring is 1. The summed E-state index contributed by atoms with van der Waals surface area (Å²) in [6.45, 7) is 6.92. The molecule has 0 bridgehead atoms. The van der Waals surface area contributed by atoms with Crippen LogP contribution in [-0.2, 0) is 20.6 Å². The molecule has 0 saturated heterocycles. The monoisotopic (exact) mass is 505 g/mol. The molecule has 0 spiro atoms. The van der Waals surface area contributed by atoms with E-state index < -0.39 is 25.1 Å². The number of anilines is 1. The highest BCUT2D eigenvalue weighted by atomic mass is 31.2. The predicted molar refractivity (Wildman–Crippen MR) is 132 cm³/mol. The second kappa shape index (κ2) is 10.7. The third-order valence-corrected chi connectivity index (χ3v) is 7.67. The van der Waals surface area contributed by atoms with E-state index in [4.69, 9.17) is 15.2 Å². The molecule has 3 aromatic rings. The maximum absolute atomic E-state index is 13.9. The van der Waals surface area contributed by atoms with Crippen LogP contribution in [0.1, 0.15) is 39.3 Å². The van der Waals surface area contributed by atoms with Crippen LogP contribution >= 0.6 is 7.44 Å². The zero-order valence-electron chi connectivity index (χ0n) is 20.4. The number of hydrogen-bond donors (Lipinski definition) is 4. The van der Waals surface area contributed by atoms with Crippen LogP contribution in [0.5, 0.6) is 5.75 Å². The van der Waals surface area contributed by atoms with Crippen molar-refractivity contribution in [2.24, 2.45) is 0 Å². The lowest BCUT2D eigenvalue weighted by atomic mass is 10.1. The second-order valence-electron chi connectivity index (χ2n) is 8.84. The molecule has 0 aliphatic carbocycles. The number of carboxylic acids is 1. The van der Waals surface area contributed by atoms with Crippen molar-refractivity contribution in [3.8, 4) is 5.75 Å². The SMILES string of the molecule is COc1ccc([C@@H](C)N[P@](=O)(CO[C@H](C)Cn2cnc3c(N)ncnc32)NC(C)(C)C(=O)O)cc1. The topological polar surface area (TPSA) is 167 Å². The summed E-state index contributed by atoms with van der Waals surface area (Å²) in [5.74, 6) is -0.152. The van der Waals surface area contributed by atoms with Gasteiger partial charge in [0.1, 0.15) is 29.5 Å². The van der Waals surface area contributed by atoms with E-state index in [-0.39, 0.29) is 18.2 Å². The van der Waals surface area contributed by atoms with Gasteiger partial charge in [-0.25, -0.2) is 25.1 Å². The van der Waals surface area contributed by atoms with E-state index >= 15 is 0 Å². The lowest BCUT2D eigenvalue weighted by molar-refractivity contribution is -0.142. The largest absolute Gasteiger partial charge is 0.497 e. The van der Waals surface area contributed by atoms with Crippen LogP contribution in [0, 0.1) is 0 Å². The molecule has 0 aliphatic heterocycles. The van der Waals surface area contributed by atoms with Gasteiger partial charge in [0.2, 0.25) is 7.44 Å². The van der Waals surface area contributed by atoms with Gasteiger partial charge < -0.3 is 24.9 Å². The van der Waals surface area contributed by atoms with Gasteiger partial charge in [0.05, 0.1) is 26.1 Å². The summed E-state index contributed by atoms with van der Waals surface area (Å²) >= 11 is 0. The van der Waals surface area contributed by atoms with Gasteiger partial charge in [-0.1, -0.05) is 12.1 Å². The third kappa shape index (κ3) is 6.55. The Hall–Kier alpha value is -3.05. The normalized spacial score (nSPS) is 15.5. The molecule has 0 aliphatic rings. The first-order valence-corrected chi connectivity index (χ1v) is 12.9. The number of imidazole rings is 1. The molecule has 12 nitrogen and oxygen atoms in total. The van der Waals surface area contributed by atoms with Crippen LogP contribution in [0.15, 0.2) is 36.9 Å². The molecule has 0 radical (unpaired) electrons. The van der Waals surface area contributed by atoms with Crippen LogP contribution in [0.3, 0.4) is 0 Å². The number of carbonyl (C=O) groups is 1. The fourth-order valence-electron chi connectivity index (χ4n) is 3.48. The number of ether oxygens (including phenoxy) is 2. The Morgan fingerprint density at radius 2 is 1.91 bits per heavy atom. The van der Waals surface area contributed by atoms with Crippen LogP contribution < -0.4 is 20.6 Å². The number of nitrogens with zero attached hydrogens (tertiary/aromatic N) is 4. The van der Waals surface area contributed by atoms with Crippen molar-refractivity contribution < 1.29 is 23.9 Å². The number of rotatable bonds is 12. The molecule has 13 heteroatoms. The molecule has 1 aromatic carbocycles. The minimum absolute atomic E-state index is 0.241. The smallest absolute Gasteiger partial charge is 0.323 e. The first-order valence-electron chi connectivity index (χ1n) is 11.0. The minimum atomic E-state index is -3.54. The third-order valence-electron chi connectivity index (χ3n) is 5.44. The van der Waals surface area contributed by atoms with Crippen molar-refractivity contribution in [1.82, 2.24) is 29.7 Å². The summed E-state index contributed by atoms with van der Waals surface area (Å²) in [4.78, 5) is 24.1. The molecule has 0 fully saturated rings. The number of aliphatic carboxylic acids is 1. The summed E-state index contributed by atoms with van der Waals surface area (Å²) in [5.41, 5.74) is 6.30. The Balaban J connectivity index is 1.74. The molecule has 3 rings (SSSR count). The van der Waals surface area contributed by atoms with Crippen molar-refractivity contribution in [3.63, 3.8) is 0 Å². The summed E-state index contributed by atoms with van der Waals surface area (Å²) in [6, 6.07) is 6.95. The quantitative estimate of drug-likeness (QED) is 0.267. The Bertz CT molecular complexity index is 1210. The number of nitrogens with two attached hydrogens (primary N) is 1. The first-order chi connectivity index (χ1) is 16.4. The van der Waals surface area contributed by atoms with E-state index in [1.54, 1.807) is 30.1 Å². The van der Waals surface area contributed by atoms with Gasteiger partial charge in [-0.2, -0.15) is 0 Å². The average Bonchev–Trinajstić information content (AvgIpc) is 3.21. The van der Waals surface area contributed by atoms with E-state index in [0.717, 1.165) is 5.56 Å². The highest BCUT2D eigenvalue weighted by Crippen LogP contribution is 2.42. The zero-order chi connectivity index (χ0) is 25.8. The summed E-state index contributed by atoms with van der Waals surface area (Å²) < 4.78 is 26.8. The van der Waals surface area contributed by atoms with Crippen LogP contribution in [0.2, 0.25) is 0 Å². The molecule has 2 heterocycles. The van der Waals surface area contributed by atoms with Gasteiger partial charge in [-0.05, 0) is 45.4 Å². The van der Waals surface area contributed by atoms with Gasteiger partial charge in [0.25, 0.3) is 0 Å². The van der Waals surface area contributed by atoms with Gasteiger partial charge in [-0.15, -0.1) is 0 Å². The summed E-state index contributed by atoms with van der Waals surface area (Å²) in [6.07, 6.45) is 2.31. The molecular formula is C22H32N7O5P.